The highest BCUT2D eigenvalue weighted by Crippen LogP contribution is 2.36. The number of hydrogen-bond donors (Lipinski definition) is 1. The predicted octanol–water partition coefficient (Wildman–Crippen LogP) is 4.59. The molecule has 0 aromatic heterocycles. The molecule has 114 valence electrons. The lowest BCUT2D eigenvalue weighted by Crippen LogP contribution is -2.27. The number of rotatable bonds is 6. The average Bonchev–Trinajstić information content (AvgIpc) is 2.36. The van der Waals surface area contributed by atoms with Gasteiger partial charge in [-0.15, -0.1) is 0 Å². The molecule has 0 spiro atoms. The van der Waals surface area contributed by atoms with E-state index in [9.17, 15) is 17.6 Å². The van der Waals surface area contributed by atoms with E-state index < -0.39 is 24.5 Å². The molecule has 7 heteroatoms. The van der Waals surface area contributed by atoms with Crippen molar-refractivity contribution in [2.45, 2.75) is 32.0 Å². The number of nitrogens with one attached hydrogen (secondary N) is 1. The molecule has 1 aromatic carbocycles. The summed E-state index contributed by atoms with van der Waals surface area (Å²) < 4.78 is 56.5. The van der Waals surface area contributed by atoms with Gasteiger partial charge in [-0.1, -0.05) is 6.92 Å². The van der Waals surface area contributed by atoms with Crippen molar-refractivity contribution in [3.63, 3.8) is 0 Å². The molecule has 0 aliphatic heterocycles. The predicted molar refractivity (Wildman–Crippen MR) is 72.4 cm³/mol. The summed E-state index contributed by atoms with van der Waals surface area (Å²) >= 11 is 2.99. The smallest absolute Gasteiger partial charge is 0.390 e. The molecule has 0 amide bonds. The van der Waals surface area contributed by atoms with E-state index in [1.165, 1.54) is 13.2 Å². The molecule has 1 rings (SSSR count). The average molecular weight is 358 g/mol. The molecule has 0 saturated carbocycles. The largest absolute Gasteiger partial charge is 0.496 e. The molecule has 0 radical (unpaired) electrons. The molecule has 0 bridgehead atoms. The highest BCUT2D eigenvalue weighted by molar-refractivity contribution is 9.10. The van der Waals surface area contributed by atoms with Crippen LogP contribution in [0.1, 0.15) is 31.4 Å². The topological polar surface area (TPSA) is 21.3 Å². The van der Waals surface area contributed by atoms with Gasteiger partial charge < -0.3 is 10.1 Å². The molecule has 20 heavy (non-hydrogen) atoms. The van der Waals surface area contributed by atoms with Gasteiger partial charge in [0.05, 0.1) is 18.0 Å². The van der Waals surface area contributed by atoms with Gasteiger partial charge in [0.2, 0.25) is 0 Å². The monoisotopic (exact) mass is 357 g/mol. The van der Waals surface area contributed by atoms with Crippen LogP contribution in [-0.4, -0.2) is 19.8 Å². The first kappa shape index (κ1) is 17.2. The molecule has 0 saturated heterocycles. The Morgan fingerprint density at radius 2 is 2.00 bits per heavy atom. The lowest BCUT2D eigenvalue weighted by molar-refractivity contribution is -0.140. The number of methoxy groups -OCH3 is 1. The van der Waals surface area contributed by atoms with Crippen molar-refractivity contribution >= 4 is 15.9 Å². The summed E-state index contributed by atoms with van der Waals surface area (Å²) in [6.45, 7) is 2.29. The Labute approximate surface area is 123 Å². The highest BCUT2D eigenvalue weighted by atomic mass is 79.9. The second kappa shape index (κ2) is 7.26. The number of ether oxygens (including phenoxy) is 1. The highest BCUT2D eigenvalue weighted by Gasteiger charge is 2.33. The molecular weight excluding hydrogens is 342 g/mol. The minimum absolute atomic E-state index is 0.101. The first-order valence-electron chi connectivity index (χ1n) is 6.11. The SMILES string of the molecule is CCCNC(CC(F)(F)F)c1cc(Br)c(F)cc1OC. The number of hydrogen-bond acceptors (Lipinski definition) is 2. The van der Waals surface area contributed by atoms with Crippen LogP contribution in [0, 0.1) is 5.82 Å². The third-order valence-electron chi connectivity index (χ3n) is 2.72. The van der Waals surface area contributed by atoms with Crippen molar-refractivity contribution in [3.8, 4) is 5.75 Å². The summed E-state index contributed by atoms with van der Waals surface area (Å²) in [7, 11) is 1.30. The molecule has 1 atom stereocenters. The van der Waals surface area contributed by atoms with Crippen molar-refractivity contribution in [1.82, 2.24) is 5.32 Å². The Kier molecular flexibility index (Phi) is 6.26. The summed E-state index contributed by atoms with van der Waals surface area (Å²) in [6.07, 6.45) is -4.67. The minimum Gasteiger partial charge on any atom is -0.496 e. The second-order valence-electron chi connectivity index (χ2n) is 4.33. The van der Waals surface area contributed by atoms with Crippen molar-refractivity contribution in [2.75, 3.05) is 13.7 Å². The first-order valence-corrected chi connectivity index (χ1v) is 6.90. The zero-order valence-electron chi connectivity index (χ0n) is 11.2. The van der Waals surface area contributed by atoms with Gasteiger partial charge in [-0.25, -0.2) is 4.39 Å². The van der Waals surface area contributed by atoms with Gasteiger partial charge in [-0.3, -0.25) is 0 Å². The number of alkyl halides is 3. The van der Waals surface area contributed by atoms with E-state index in [0.717, 1.165) is 6.07 Å². The maximum absolute atomic E-state index is 13.4. The van der Waals surface area contributed by atoms with E-state index in [0.29, 0.717) is 13.0 Å². The van der Waals surface area contributed by atoms with Crippen LogP contribution in [0.25, 0.3) is 0 Å². The molecule has 1 unspecified atom stereocenters. The lowest BCUT2D eigenvalue weighted by atomic mass is 10.0. The van der Waals surface area contributed by atoms with Crippen molar-refractivity contribution in [2.24, 2.45) is 0 Å². The van der Waals surface area contributed by atoms with Gasteiger partial charge in [0.1, 0.15) is 11.6 Å². The maximum atomic E-state index is 13.4. The standard InChI is InChI=1S/C13H16BrF4NO/c1-3-4-19-11(7-13(16,17)18)8-5-9(14)10(15)6-12(8)20-2/h5-6,11,19H,3-4,7H2,1-2H3. The van der Waals surface area contributed by atoms with E-state index in [2.05, 4.69) is 21.2 Å². The summed E-state index contributed by atoms with van der Waals surface area (Å²) in [4.78, 5) is 0. The van der Waals surface area contributed by atoms with Crippen LogP contribution < -0.4 is 10.1 Å². The van der Waals surface area contributed by atoms with Crippen LogP contribution in [0.4, 0.5) is 17.6 Å². The molecule has 2 nitrogen and oxygen atoms in total. The van der Waals surface area contributed by atoms with E-state index in [1.54, 1.807) is 0 Å². The van der Waals surface area contributed by atoms with E-state index >= 15 is 0 Å². The Bertz CT molecular complexity index is 451. The third-order valence-corrected chi connectivity index (χ3v) is 3.33. The van der Waals surface area contributed by atoms with Crippen LogP contribution in [0.15, 0.2) is 16.6 Å². The molecule has 1 N–H and O–H groups in total. The second-order valence-corrected chi connectivity index (χ2v) is 5.19. The van der Waals surface area contributed by atoms with E-state index in [4.69, 9.17) is 4.74 Å². The van der Waals surface area contributed by atoms with E-state index in [-0.39, 0.29) is 15.8 Å². The quantitative estimate of drug-likeness (QED) is 0.751. The molecule has 0 aliphatic carbocycles. The van der Waals surface area contributed by atoms with Gasteiger partial charge in [0, 0.05) is 17.7 Å². The van der Waals surface area contributed by atoms with Crippen molar-refractivity contribution in [3.05, 3.63) is 28.0 Å². The molecule has 1 aromatic rings. The number of benzene rings is 1. The lowest BCUT2D eigenvalue weighted by Gasteiger charge is -2.23. The Balaban J connectivity index is 3.14. The fourth-order valence-electron chi connectivity index (χ4n) is 1.84. The zero-order chi connectivity index (χ0) is 15.3. The summed E-state index contributed by atoms with van der Waals surface area (Å²) in [5.74, 6) is -0.476. The van der Waals surface area contributed by atoms with Crippen molar-refractivity contribution < 1.29 is 22.3 Å². The molecule has 0 heterocycles. The summed E-state index contributed by atoms with van der Waals surface area (Å²) in [5, 5.41) is 2.82. The van der Waals surface area contributed by atoms with E-state index in [1.807, 2.05) is 6.92 Å². The first-order chi connectivity index (χ1) is 9.28. The molecule has 0 aliphatic rings. The van der Waals surface area contributed by atoms with Gasteiger partial charge in [-0.2, -0.15) is 13.2 Å². The van der Waals surface area contributed by atoms with Gasteiger partial charge in [0.25, 0.3) is 0 Å². The third kappa shape index (κ3) is 4.94. The van der Waals surface area contributed by atoms with Crippen LogP contribution in [0.3, 0.4) is 0 Å². The van der Waals surface area contributed by atoms with Crippen LogP contribution in [0.5, 0.6) is 5.75 Å². The Hall–Kier alpha value is -0.820. The fourth-order valence-corrected chi connectivity index (χ4v) is 2.20. The van der Waals surface area contributed by atoms with Gasteiger partial charge in [-0.05, 0) is 35.0 Å². The normalized spacial score (nSPS) is 13.3. The maximum Gasteiger partial charge on any atom is 0.390 e. The van der Waals surface area contributed by atoms with Crippen LogP contribution >= 0.6 is 15.9 Å². The molecular formula is C13H16BrF4NO. The molecule has 0 fully saturated rings. The minimum atomic E-state index is -4.32. The zero-order valence-corrected chi connectivity index (χ0v) is 12.7. The Morgan fingerprint density at radius 1 is 1.35 bits per heavy atom. The van der Waals surface area contributed by atoms with Gasteiger partial charge in [0.15, 0.2) is 0 Å². The Morgan fingerprint density at radius 3 is 2.50 bits per heavy atom. The van der Waals surface area contributed by atoms with Crippen molar-refractivity contribution in [1.29, 1.82) is 0 Å². The number of halogens is 5. The van der Waals surface area contributed by atoms with Crippen LogP contribution in [-0.2, 0) is 0 Å². The van der Waals surface area contributed by atoms with Gasteiger partial charge >= 0.3 is 6.18 Å². The van der Waals surface area contributed by atoms with Crippen LogP contribution in [0.2, 0.25) is 0 Å². The summed E-state index contributed by atoms with van der Waals surface area (Å²) in [5.41, 5.74) is 0.284. The summed E-state index contributed by atoms with van der Waals surface area (Å²) in [6, 6.07) is 1.44. The fraction of sp³-hybridized carbons (Fsp3) is 0.538.